The molecule has 0 radical (unpaired) electrons. The predicted molar refractivity (Wildman–Crippen MR) is 65.1 cm³/mol. The summed E-state index contributed by atoms with van der Waals surface area (Å²) in [7, 11) is -1.44. The van der Waals surface area contributed by atoms with E-state index in [1.165, 1.54) is 29.3 Å². The molecule has 96 valence electrons. The van der Waals surface area contributed by atoms with Gasteiger partial charge in [0.05, 0.1) is 27.4 Å². The van der Waals surface area contributed by atoms with Gasteiger partial charge in [0.1, 0.15) is 12.0 Å². The highest BCUT2D eigenvalue weighted by molar-refractivity contribution is 7.84. The van der Waals surface area contributed by atoms with E-state index in [2.05, 4.69) is 10.2 Å². The highest BCUT2D eigenvalue weighted by Crippen LogP contribution is 2.25. The van der Waals surface area contributed by atoms with Gasteiger partial charge in [0.15, 0.2) is 0 Å². The quantitative estimate of drug-likeness (QED) is 0.605. The SMILES string of the molecule is CS(=O)c1nncn1-c1ccc(C#N)cc1[N+](=O)[O-]. The Morgan fingerprint density at radius 3 is 2.84 bits per heavy atom. The molecular formula is C10H7N5O3S. The summed E-state index contributed by atoms with van der Waals surface area (Å²) >= 11 is 0. The Bertz CT molecular complexity index is 718. The van der Waals surface area contributed by atoms with Gasteiger partial charge >= 0.3 is 0 Å². The van der Waals surface area contributed by atoms with Gasteiger partial charge in [-0.3, -0.25) is 18.9 Å². The Hall–Kier alpha value is -2.60. The minimum Gasteiger partial charge on any atom is -0.268 e. The summed E-state index contributed by atoms with van der Waals surface area (Å²) in [6.07, 6.45) is 2.64. The zero-order valence-electron chi connectivity index (χ0n) is 9.68. The topological polar surface area (TPSA) is 115 Å². The van der Waals surface area contributed by atoms with Gasteiger partial charge in [0.25, 0.3) is 5.69 Å². The molecule has 0 aliphatic heterocycles. The van der Waals surface area contributed by atoms with Crippen LogP contribution in [-0.2, 0) is 10.8 Å². The van der Waals surface area contributed by atoms with E-state index in [1.54, 1.807) is 0 Å². The van der Waals surface area contributed by atoms with Crippen LogP contribution in [0.15, 0.2) is 29.7 Å². The van der Waals surface area contributed by atoms with Crippen molar-refractivity contribution in [2.75, 3.05) is 6.26 Å². The van der Waals surface area contributed by atoms with Crippen molar-refractivity contribution in [1.82, 2.24) is 14.8 Å². The average molecular weight is 277 g/mol. The van der Waals surface area contributed by atoms with Crippen molar-refractivity contribution in [1.29, 1.82) is 5.26 Å². The summed E-state index contributed by atoms with van der Waals surface area (Å²) in [5, 5.41) is 27.1. The molecule has 0 saturated carbocycles. The lowest BCUT2D eigenvalue weighted by atomic mass is 10.2. The fourth-order valence-corrected chi connectivity index (χ4v) is 2.11. The number of hydrogen-bond donors (Lipinski definition) is 0. The summed E-state index contributed by atoms with van der Waals surface area (Å²) in [6.45, 7) is 0. The number of benzene rings is 1. The average Bonchev–Trinajstić information content (AvgIpc) is 2.87. The third-order valence-electron chi connectivity index (χ3n) is 2.33. The standard InChI is InChI=1S/C10H7N5O3S/c1-19(18)10-13-12-6-14(10)8-3-2-7(5-11)4-9(8)15(16)17/h2-4,6H,1H3. The van der Waals surface area contributed by atoms with E-state index >= 15 is 0 Å². The van der Waals surface area contributed by atoms with E-state index in [4.69, 9.17) is 5.26 Å². The van der Waals surface area contributed by atoms with E-state index in [0.29, 0.717) is 0 Å². The first-order valence-corrected chi connectivity index (χ1v) is 6.52. The molecule has 0 saturated heterocycles. The lowest BCUT2D eigenvalue weighted by Gasteiger charge is -2.05. The molecule has 1 heterocycles. The Labute approximate surface area is 109 Å². The largest absolute Gasteiger partial charge is 0.294 e. The lowest BCUT2D eigenvalue weighted by Crippen LogP contribution is -2.05. The zero-order valence-corrected chi connectivity index (χ0v) is 10.5. The number of rotatable bonds is 3. The minimum absolute atomic E-state index is 0.104. The van der Waals surface area contributed by atoms with Gasteiger partial charge in [-0.1, -0.05) is 0 Å². The molecule has 8 nitrogen and oxygen atoms in total. The monoisotopic (exact) mass is 277 g/mol. The molecule has 1 aromatic carbocycles. The first kappa shape index (κ1) is 12.8. The second-order valence-corrected chi connectivity index (χ2v) is 4.78. The van der Waals surface area contributed by atoms with Crippen molar-refractivity contribution < 1.29 is 9.13 Å². The van der Waals surface area contributed by atoms with Crippen LogP contribution < -0.4 is 0 Å². The summed E-state index contributed by atoms with van der Waals surface area (Å²) in [5.74, 6) is 0. The van der Waals surface area contributed by atoms with E-state index in [0.717, 1.165) is 6.07 Å². The van der Waals surface area contributed by atoms with E-state index in [-0.39, 0.29) is 22.1 Å². The van der Waals surface area contributed by atoms with Crippen LogP contribution in [0.25, 0.3) is 5.69 Å². The number of nitrogens with zero attached hydrogens (tertiary/aromatic N) is 5. The Morgan fingerprint density at radius 1 is 1.53 bits per heavy atom. The van der Waals surface area contributed by atoms with Gasteiger partial charge in [0, 0.05) is 12.3 Å². The van der Waals surface area contributed by atoms with Crippen LogP contribution in [0.5, 0.6) is 0 Å². The fourth-order valence-electron chi connectivity index (χ4n) is 1.53. The summed E-state index contributed by atoms with van der Waals surface area (Å²) in [4.78, 5) is 10.4. The minimum atomic E-state index is -1.44. The molecule has 9 heteroatoms. The van der Waals surface area contributed by atoms with Crippen LogP contribution in [0.4, 0.5) is 5.69 Å². The molecule has 1 atom stereocenters. The first-order chi connectivity index (χ1) is 9.04. The van der Waals surface area contributed by atoms with Crippen LogP contribution in [-0.4, -0.2) is 30.2 Å². The summed E-state index contributed by atoms with van der Waals surface area (Å²) < 4.78 is 12.7. The molecule has 19 heavy (non-hydrogen) atoms. The van der Waals surface area contributed by atoms with Gasteiger partial charge < -0.3 is 0 Å². The summed E-state index contributed by atoms with van der Waals surface area (Å²) in [5.41, 5.74) is 0.0624. The van der Waals surface area contributed by atoms with Crippen molar-refractivity contribution >= 4 is 16.5 Å². The molecular weight excluding hydrogens is 270 g/mol. The van der Waals surface area contributed by atoms with Gasteiger partial charge in [-0.25, -0.2) is 0 Å². The maximum atomic E-state index is 11.5. The highest BCUT2D eigenvalue weighted by Gasteiger charge is 2.20. The van der Waals surface area contributed by atoms with Gasteiger partial charge in [-0.05, 0) is 12.1 Å². The smallest absolute Gasteiger partial charge is 0.268 e. The second kappa shape index (κ2) is 4.95. The number of nitro benzene ring substituents is 1. The van der Waals surface area contributed by atoms with Crippen molar-refractivity contribution in [2.24, 2.45) is 0 Å². The maximum absolute atomic E-state index is 11.5. The third-order valence-corrected chi connectivity index (χ3v) is 3.13. The van der Waals surface area contributed by atoms with Crippen LogP contribution in [0.3, 0.4) is 0 Å². The van der Waals surface area contributed by atoms with Crippen LogP contribution in [0.2, 0.25) is 0 Å². The zero-order chi connectivity index (χ0) is 14.0. The highest BCUT2D eigenvalue weighted by atomic mass is 32.2. The molecule has 0 fully saturated rings. The van der Waals surface area contributed by atoms with Crippen LogP contribution in [0.1, 0.15) is 5.56 Å². The van der Waals surface area contributed by atoms with Crippen LogP contribution in [0, 0.1) is 21.4 Å². The third kappa shape index (κ3) is 2.34. The van der Waals surface area contributed by atoms with Crippen molar-refractivity contribution in [3.63, 3.8) is 0 Å². The molecule has 0 amide bonds. The number of aromatic nitrogens is 3. The van der Waals surface area contributed by atoms with Crippen molar-refractivity contribution in [3.8, 4) is 11.8 Å². The summed E-state index contributed by atoms with van der Waals surface area (Å²) in [6, 6.07) is 5.81. The number of hydrogen-bond acceptors (Lipinski definition) is 6. The van der Waals surface area contributed by atoms with E-state index in [1.807, 2.05) is 6.07 Å². The molecule has 1 unspecified atom stereocenters. The molecule has 2 rings (SSSR count). The van der Waals surface area contributed by atoms with Gasteiger partial charge in [0.2, 0.25) is 5.16 Å². The lowest BCUT2D eigenvalue weighted by molar-refractivity contribution is -0.384. The first-order valence-electron chi connectivity index (χ1n) is 4.97. The molecule has 0 N–H and O–H groups in total. The van der Waals surface area contributed by atoms with Crippen LogP contribution >= 0.6 is 0 Å². The maximum Gasteiger partial charge on any atom is 0.294 e. The second-order valence-electron chi connectivity index (χ2n) is 3.51. The molecule has 0 spiro atoms. The fraction of sp³-hybridized carbons (Fsp3) is 0.100. The normalized spacial score (nSPS) is 11.8. The predicted octanol–water partition coefficient (Wildman–Crippen LogP) is 0.785. The van der Waals surface area contributed by atoms with Crippen molar-refractivity contribution in [3.05, 3.63) is 40.2 Å². The molecule has 1 aromatic heterocycles. The molecule has 0 aliphatic rings. The van der Waals surface area contributed by atoms with E-state index < -0.39 is 15.7 Å². The Kier molecular flexibility index (Phi) is 3.35. The molecule has 0 aliphatic carbocycles. The van der Waals surface area contributed by atoms with Gasteiger partial charge in [-0.2, -0.15) is 5.26 Å². The van der Waals surface area contributed by atoms with E-state index in [9.17, 15) is 14.3 Å². The molecule has 2 aromatic rings. The Balaban J connectivity index is 2.69. The number of nitriles is 1. The Morgan fingerprint density at radius 2 is 2.26 bits per heavy atom. The number of nitro groups is 1. The van der Waals surface area contributed by atoms with Gasteiger partial charge in [-0.15, -0.1) is 10.2 Å². The van der Waals surface area contributed by atoms with Crippen molar-refractivity contribution in [2.45, 2.75) is 5.16 Å². The molecule has 0 bridgehead atoms.